The molecule has 0 aliphatic heterocycles. The zero-order chi connectivity index (χ0) is 13.6. The zero-order valence-electron chi connectivity index (χ0n) is 9.26. The number of hydrogen-bond acceptors (Lipinski definition) is 2. The Morgan fingerprint density at radius 3 is 2.24 bits per heavy atom. The summed E-state index contributed by atoms with van der Waals surface area (Å²) in [5.74, 6) is -1.40. The zero-order valence-corrected chi connectivity index (χ0v) is 10.0. The number of rotatable bonds is 2. The van der Waals surface area contributed by atoms with Gasteiger partial charge in [-0.3, -0.25) is 9.48 Å². The molecule has 1 aromatic heterocycles. The minimum absolute atomic E-state index is 0.329. The minimum atomic E-state index is -4.74. The maximum absolute atomic E-state index is 12.7. The first kappa shape index (κ1) is 13.8. The average Bonchev–Trinajstić information content (AvgIpc) is 2.42. The van der Waals surface area contributed by atoms with Gasteiger partial charge >= 0.3 is 12.1 Å². The third-order valence-corrected chi connectivity index (χ3v) is 2.84. The number of halogens is 4. The Morgan fingerprint density at radius 2 is 1.88 bits per heavy atom. The molecular formula is C9H10ClF3N2O2. The van der Waals surface area contributed by atoms with E-state index < -0.39 is 28.8 Å². The third-order valence-electron chi connectivity index (χ3n) is 2.41. The van der Waals surface area contributed by atoms with Gasteiger partial charge in [-0.05, 0) is 13.8 Å². The van der Waals surface area contributed by atoms with Crippen molar-refractivity contribution < 1.29 is 23.1 Å². The molecule has 0 spiro atoms. The molecule has 1 rings (SSSR count). The number of aromatic nitrogens is 2. The lowest BCUT2D eigenvalue weighted by molar-refractivity contribution is -0.146. The van der Waals surface area contributed by atoms with E-state index in [2.05, 4.69) is 5.10 Å². The molecule has 1 N–H and O–H groups in total. The number of hydrogen-bond donors (Lipinski definition) is 1. The molecule has 0 unspecified atom stereocenters. The van der Waals surface area contributed by atoms with E-state index in [0.717, 1.165) is 18.5 Å². The van der Waals surface area contributed by atoms with Crippen LogP contribution in [0.2, 0.25) is 5.15 Å². The summed E-state index contributed by atoms with van der Waals surface area (Å²) >= 11 is 5.69. The van der Waals surface area contributed by atoms with Crippen LogP contribution in [0.3, 0.4) is 0 Å². The van der Waals surface area contributed by atoms with Gasteiger partial charge in [0, 0.05) is 12.6 Å². The molecule has 0 saturated heterocycles. The number of carboxylic acid groups (broad SMARTS) is 1. The Labute approximate surface area is 100.0 Å². The Kier molecular flexibility index (Phi) is 3.17. The predicted octanol–water partition coefficient (Wildman–Crippen LogP) is 2.45. The molecule has 17 heavy (non-hydrogen) atoms. The number of alkyl halides is 3. The number of carboxylic acids is 1. The lowest BCUT2D eigenvalue weighted by Crippen LogP contribution is -2.31. The molecule has 1 heterocycles. The van der Waals surface area contributed by atoms with Gasteiger partial charge in [-0.25, -0.2) is 0 Å². The van der Waals surface area contributed by atoms with Gasteiger partial charge in [0.2, 0.25) is 0 Å². The molecule has 0 bridgehead atoms. The first-order valence-corrected chi connectivity index (χ1v) is 4.91. The smallest absolute Gasteiger partial charge is 0.435 e. The third kappa shape index (κ3) is 2.24. The van der Waals surface area contributed by atoms with E-state index in [0.29, 0.717) is 0 Å². The van der Waals surface area contributed by atoms with Crippen molar-refractivity contribution in [1.82, 2.24) is 9.78 Å². The van der Waals surface area contributed by atoms with E-state index in [9.17, 15) is 18.0 Å². The second-order valence-electron chi connectivity index (χ2n) is 4.07. The van der Waals surface area contributed by atoms with Gasteiger partial charge in [0.1, 0.15) is 5.15 Å². The molecule has 0 radical (unpaired) electrons. The Balaban J connectivity index is 3.58. The van der Waals surface area contributed by atoms with Gasteiger partial charge in [0.25, 0.3) is 0 Å². The molecule has 0 aromatic carbocycles. The highest BCUT2D eigenvalue weighted by atomic mass is 35.5. The first-order valence-electron chi connectivity index (χ1n) is 4.53. The Morgan fingerprint density at radius 1 is 1.41 bits per heavy atom. The number of aliphatic carboxylic acids is 1. The van der Waals surface area contributed by atoms with Crippen molar-refractivity contribution in [3.8, 4) is 0 Å². The second kappa shape index (κ2) is 3.90. The van der Waals surface area contributed by atoms with E-state index in [4.69, 9.17) is 16.7 Å². The van der Waals surface area contributed by atoms with Crippen LogP contribution in [0.15, 0.2) is 0 Å². The van der Waals surface area contributed by atoms with Crippen molar-refractivity contribution in [2.24, 2.45) is 7.05 Å². The largest absolute Gasteiger partial charge is 0.481 e. The summed E-state index contributed by atoms with van der Waals surface area (Å²) in [5.41, 5.74) is -3.56. The summed E-state index contributed by atoms with van der Waals surface area (Å²) in [7, 11) is 1.22. The predicted molar refractivity (Wildman–Crippen MR) is 53.9 cm³/mol. The van der Waals surface area contributed by atoms with E-state index >= 15 is 0 Å². The topological polar surface area (TPSA) is 55.1 Å². The van der Waals surface area contributed by atoms with E-state index in [1.807, 2.05) is 0 Å². The van der Waals surface area contributed by atoms with Crippen molar-refractivity contribution in [2.75, 3.05) is 0 Å². The van der Waals surface area contributed by atoms with Crippen molar-refractivity contribution >= 4 is 17.6 Å². The van der Waals surface area contributed by atoms with E-state index in [1.54, 1.807) is 0 Å². The van der Waals surface area contributed by atoms with Crippen molar-refractivity contribution in [3.05, 3.63) is 16.4 Å². The molecule has 1 aromatic rings. The van der Waals surface area contributed by atoms with Gasteiger partial charge in [0.15, 0.2) is 5.69 Å². The molecule has 4 nitrogen and oxygen atoms in total. The molecule has 0 amide bonds. The van der Waals surface area contributed by atoms with Crippen LogP contribution < -0.4 is 0 Å². The van der Waals surface area contributed by atoms with Crippen molar-refractivity contribution in [3.63, 3.8) is 0 Å². The first-order chi connectivity index (χ1) is 7.49. The highest BCUT2D eigenvalue weighted by Gasteiger charge is 2.46. The summed E-state index contributed by atoms with van der Waals surface area (Å²) in [6.07, 6.45) is -4.74. The molecule has 0 saturated carbocycles. The van der Waals surface area contributed by atoms with Crippen molar-refractivity contribution in [1.29, 1.82) is 0 Å². The van der Waals surface area contributed by atoms with Crippen LogP contribution in [0, 0.1) is 0 Å². The molecule has 0 fully saturated rings. The summed E-state index contributed by atoms with van der Waals surface area (Å²) in [6.45, 7) is 2.29. The van der Waals surface area contributed by atoms with Crippen molar-refractivity contribution in [2.45, 2.75) is 25.4 Å². The summed E-state index contributed by atoms with van der Waals surface area (Å²) in [4.78, 5) is 11.0. The van der Waals surface area contributed by atoms with Gasteiger partial charge in [-0.2, -0.15) is 18.3 Å². The number of nitrogens with zero attached hydrogens (tertiary/aromatic N) is 2. The lowest BCUT2D eigenvalue weighted by atomic mass is 9.85. The van der Waals surface area contributed by atoms with E-state index in [1.165, 1.54) is 7.05 Å². The monoisotopic (exact) mass is 270 g/mol. The SMILES string of the molecule is Cn1nc(C(F)(F)F)c(C(C)(C)C(=O)O)c1Cl. The Hall–Kier alpha value is -1.24. The van der Waals surface area contributed by atoms with Crippen LogP contribution in [-0.4, -0.2) is 20.9 Å². The van der Waals surface area contributed by atoms with Crippen LogP contribution in [0.25, 0.3) is 0 Å². The quantitative estimate of drug-likeness (QED) is 0.898. The summed E-state index contributed by atoms with van der Waals surface area (Å²) in [5, 5.41) is 11.9. The molecular weight excluding hydrogens is 261 g/mol. The van der Waals surface area contributed by atoms with E-state index in [-0.39, 0.29) is 5.15 Å². The second-order valence-corrected chi connectivity index (χ2v) is 4.42. The standard InChI is InChI=1S/C9H10ClF3N2O2/c1-8(2,7(16)17)4-5(9(11,12)13)14-15(3)6(4)10/h1-3H3,(H,16,17). The van der Waals surface area contributed by atoms with Crippen LogP contribution in [0.4, 0.5) is 13.2 Å². The van der Waals surface area contributed by atoms with Gasteiger partial charge in [-0.1, -0.05) is 11.6 Å². The normalized spacial score (nSPS) is 12.9. The van der Waals surface area contributed by atoms with Gasteiger partial charge in [0.05, 0.1) is 5.41 Å². The van der Waals surface area contributed by atoms with Gasteiger partial charge in [-0.15, -0.1) is 0 Å². The molecule has 96 valence electrons. The molecule has 8 heteroatoms. The van der Waals surface area contributed by atoms with Crippen LogP contribution in [-0.2, 0) is 23.4 Å². The maximum atomic E-state index is 12.7. The van der Waals surface area contributed by atoms with Gasteiger partial charge < -0.3 is 5.11 Å². The fourth-order valence-electron chi connectivity index (χ4n) is 1.36. The number of aryl methyl sites for hydroxylation is 1. The summed E-state index contributed by atoms with van der Waals surface area (Å²) < 4.78 is 38.9. The fourth-order valence-corrected chi connectivity index (χ4v) is 1.73. The number of carbonyl (C=O) groups is 1. The van der Waals surface area contributed by atoms with Crippen LogP contribution >= 0.6 is 11.6 Å². The average molecular weight is 271 g/mol. The molecule has 0 aliphatic carbocycles. The Bertz CT molecular complexity index is 466. The minimum Gasteiger partial charge on any atom is -0.481 e. The fraction of sp³-hybridized carbons (Fsp3) is 0.556. The lowest BCUT2D eigenvalue weighted by Gasteiger charge is -2.20. The molecule has 0 aliphatic rings. The van der Waals surface area contributed by atoms with Crippen LogP contribution in [0.1, 0.15) is 25.1 Å². The highest BCUT2D eigenvalue weighted by molar-refractivity contribution is 6.30. The van der Waals surface area contributed by atoms with Crippen LogP contribution in [0.5, 0.6) is 0 Å². The molecule has 0 atom stereocenters. The highest BCUT2D eigenvalue weighted by Crippen LogP contribution is 2.40. The summed E-state index contributed by atoms with van der Waals surface area (Å²) in [6, 6.07) is 0. The maximum Gasteiger partial charge on any atom is 0.435 e.